The van der Waals surface area contributed by atoms with Crippen LogP contribution in [0.5, 0.6) is 0 Å². The van der Waals surface area contributed by atoms with Gasteiger partial charge in [0.2, 0.25) is 0 Å². The van der Waals surface area contributed by atoms with Crippen LogP contribution in [-0.2, 0) is 4.74 Å². The first kappa shape index (κ1) is 21.2. The molecule has 6 heteroatoms. The van der Waals surface area contributed by atoms with Gasteiger partial charge in [-0.3, -0.25) is 9.79 Å². The van der Waals surface area contributed by atoms with Crippen LogP contribution in [0.15, 0.2) is 35.3 Å². The third-order valence-electron chi connectivity index (χ3n) is 4.79. The molecule has 1 aromatic carbocycles. The first-order valence-corrected chi connectivity index (χ1v) is 9.81. The number of aliphatic imine (C=N–C) groups is 1. The number of hydrogen-bond donors (Lipinski definition) is 3. The molecule has 1 aliphatic rings. The largest absolute Gasteiger partial charge is 0.377 e. The second-order valence-corrected chi connectivity index (χ2v) is 8.06. The van der Waals surface area contributed by atoms with Crippen LogP contribution in [0.2, 0.25) is 0 Å². The van der Waals surface area contributed by atoms with Gasteiger partial charge in [-0.15, -0.1) is 0 Å². The third kappa shape index (κ3) is 6.86. The van der Waals surface area contributed by atoms with Crippen molar-refractivity contribution >= 4 is 11.9 Å². The predicted octanol–water partition coefficient (Wildman–Crippen LogP) is 2.42. The zero-order valence-electron chi connectivity index (χ0n) is 17.0. The van der Waals surface area contributed by atoms with Crippen molar-refractivity contribution in [1.29, 1.82) is 0 Å². The van der Waals surface area contributed by atoms with Crippen LogP contribution in [0.3, 0.4) is 0 Å². The minimum absolute atomic E-state index is 0.0623. The summed E-state index contributed by atoms with van der Waals surface area (Å²) in [6.45, 7) is 9.54. The molecule has 0 spiro atoms. The molecule has 6 nitrogen and oxygen atoms in total. The number of nitrogens with one attached hydrogen (secondary N) is 3. The average Bonchev–Trinajstić information content (AvgIpc) is 2.67. The van der Waals surface area contributed by atoms with Crippen LogP contribution < -0.4 is 16.0 Å². The Bertz CT molecular complexity index is 610. The van der Waals surface area contributed by atoms with Gasteiger partial charge in [0.1, 0.15) is 0 Å². The molecule has 2 unspecified atom stereocenters. The van der Waals surface area contributed by atoms with E-state index in [1.165, 1.54) is 6.42 Å². The molecule has 1 aromatic rings. The van der Waals surface area contributed by atoms with Gasteiger partial charge in [0.25, 0.3) is 5.91 Å². The summed E-state index contributed by atoms with van der Waals surface area (Å²) in [5, 5.41) is 9.57. The number of ether oxygens (including phenoxy) is 1. The molecule has 2 rings (SSSR count). The van der Waals surface area contributed by atoms with Crippen molar-refractivity contribution in [3.8, 4) is 0 Å². The van der Waals surface area contributed by atoms with E-state index in [4.69, 9.17) is 4.74 Å². The second-order valence-electron chi connectivity index (χ2n) is 8.06. The summed E-state index contributed by atoms with van der Waals surface area (Å²) < 4.78 is 6.04. The Morgan fingerprint density at radius 3 is 2.52 bits per heavy atom. The molecule has 0 aromatic heterocycles. The van der Waals surface area contributed by atoms with Crippen molar-refractivity contribution < 1.29 is 9.53 Å². The van der Waals surface area contributed by atoms with E-state index in [0.29, 0.717) is 24.6 Å². The number of carbonyl (C=O) groups is 1. The van der Waals surface area contributed by atoms with E-state index in [9.17, 15) is 4.79 Å². The van der Waals surface area contributed by atoms with Crippen molar-refractivity contribution in [1.82, 2.24) is 16.0 Å². The fourth-order valence-electron chi connectivity index (χ4n) is 3.51. The molecular formula is C21H34N4O2. The van der Waals surface area contributed by atoms with E-state index in [2.05, 4.69) is 41.7 Å². The molecule has 0 radical (unpaired) electrons. The maximum Gasteiger partial charge on any atom is 0.251 e. The van der Waals surface area contributed by atoms with Crippen molar-refractivity contribution in [2.24, 2.45) is 16.3 Å². The predicted molar refractivity (Wildman–Crippen MR) is 110 cm³/mol. The maximum absolute atomic E-state index is 12.0. The van der Waals surface area contributed by atoms with Gasteiger partial charge in [0, 0.05) is 44.8 Å². The van der Waals surface area contributed by atoms with E-state index in [1.807, 2.05) is 18.2 Å². The molecule has 27 heavy (non-hydrogen) atoms. The normalized spacial score (nSPS) is 20.8. The Balaban J connectivity index is 1.72. The number of rotatable bonds is 6. The van der Waals surface area contributed by atoms with E-state index in [0.717, 1.165) is 25.5 Å². The molecule has 2 atom stereocenters. The average molecular weight is 375 g/mol. The highest BCUT2D eigenvalue weighted by molar-refractivity contribution is 5.94. The Labute approximate surface area is 163 Å². The highest BCUT2D eigenvalue weighted by Crippen LogP contribution is 2.33. The summed E-state index contributed by atoms with van der Waals surface area (Å²) >= 11 is 0. The standard InChI is InChI=1S/C21H34N4O2/c1-21(2,3)18-17(11-8-14-27-18)15-25-20(22-4)24-13-12-23-19(26)16-9-6-5-7-10-16/h5-7,9-10,17-18H,8,11-15H2,1-4H3,(H,23,26)(H2,22,24,25). The van der Waals surface area contributed by atoms with Gasteiger partial charge in [-0.25, -0.2) is 0 Å². The smallest absolute Gasteiger partial charge is 0.251 e. The number of hydrogen-bond acceptors (Lipinski definition) is 3. The molecular weight excluding hydrogens is 340 g/mol. The topological polar surface area (TPSA) is 74.8 Å². The third-order valence-corrected chi connectivity index (χ3v) is 4.79. The molecule has 1 saturated heterocycles. The van der Waals surface area contributed by atoms with Gasteiger partial charge in [0.15, 0.2) is 5.96 Å². The van der Waals surface area contributed by atoms with Crippen LogP contribution >= 0.6 is 0 Å². The van der Waals surface area contributed by atoms with Gasteiger partial charge in [-0.1, -0.05) is 39.0 Å². The summed E-state index contributed by atoms with van der Waals surface area (Å²) in [6, 6.07) is 9.23. The Morgan fingerprint density at radius 1 is 1.15 bits per heavy atom. The lowest BCUT2D eigenvalue weighted by molar-refractivity contribution is -0.0835. The van der Waals surface area contributed by atoms with Crippen LogP contribution in [-0.4, -0.2) is 51.3 Å². The van der Waals surface area contributed by atoms with Gasteiger partial charge in [-0.2, -0.15) is 0 Å². The second kappa shape index (κ2) is 10.3. The number of nitrogens with zero attached hydrogens (tertiary/aromatic N) is 1. The molecule has 150 valence electrons. The summed E-state index contributed by atoms with van der Waals surface area (Å²) in [6.07, 6.45) is 2.53. The lowest BCUT2D eigenvalue weighted by Crippen LogP contribution is -2.48. The zero-order valence-corrected chi connectivity index (χ0v) is 17.0. The van der Waals surface area contributed by atoms with E-state index >= 15 is 0 Å². The quantitative estimate of drug-likeness (QED) is 0.406. The minimum atomic E-state index is -0.0623. The van der Waals surface area contributed by atoms with Crippen LogP contribution in [0.1, 0.15) is 44.0 Å². The molecule has 1 heterocycles. The first-order valence-electron chi connectivity index (χ1n) is 9.81. The number of benzene rings is 1. The number of guanidine groups is 1. The van der Waals surface area contributed by atoms with E-state index in [-0.39, 0.29) is 17.4 Å². The number of carbonyl (C=O) groups excluding carboxylic acids is 1. The lowest BCUT2D eigenvalue weighted by Gasteiger charge is -2.40. The van der Waals surface area contributed by atoms with Crippen LogP contribution in [0.25, 0.3) is 0 Å². The van der Waals surface area contributed by atoms with Crippen LogP contribution in [0.4, 0.5) is 0 Å². The maximum atomic E-state index is 12.0. The molecule has 0 aliphatic carbocycles. The van der Waals surface area contributed by atoms with Gasteiger partial charge >= 0.3 is 0 Å². The van der Waals surface area contributed by atoms with Crippen molar-refractivity contribution in [2.45, 2.75) is 39.7 Å². The lowest BCUT2D eigenvalue weighted by atomic mass is 9.78. The van der Waals surface area contributed by atoms with Gasteiger partial charge < -0.3 is 20.7 Å². The van der Waals surface area contributed by atoms with Crippen molar-refractivity contribution in [3.05, 3.63) is 35.9 Å². The Morgan fingerprint density at radius 2 is 1.85 bits per heavy atom. The molecule has 1 fully saturated rings. The van der Waals surface area contributed by atoms with Gasteiger partial charge in [-0.05, 0) is 30.4 Å². The van der Waals surface area contributed by atoms with Crippen molar-refractivity contribution in [3.63, 3.8) is 0 Å². The monoisotopic (exact) mass is 374 g/mol. The first-order chi connectivity index (χ1) is 12.9. The summed E-state index contributed by atoms with van der Waals surface area (Å²) in [5.41, 5.74) is 0.802. The molecule has 3 N–H and O–H groups in total. The highest BCUT2D eigenvalue weighted by Gasteiger charge is 2.35. The fourth-order valence-corrected chi connectivity index (χ4v) is 3.51. The van der Waals surface area contributed by atoms with E-state index in [1.54, 1.807) is 19.2 Å². The molecule has 0 bridgehead atoms. The highest BCUT2D eigenvalue weighted by atomic mass is 16.5. The van der Waals surface area contributed by atoms with Gasteiger partial charge in [0.05, 0.1) is 6.10 Å². The fraction of sp³-hybridized carbons (Fsp3) is 0.619. The SMILES string of the molecule is CN=C(NCCNC(=O)c1ccccc1)NCC1CCCOC1C(C)(C)C. The summed E-state index contributed by atoms with van der Waals surface area (Å²) in [5.74, 6) is 1.16. The Kier molecular flexibility index (Phi) is 8.10. The van der Waals surface area contributed by atoms with Crippen molar-refractivity contribution in [2.75, 3.05) is 33.3 Å². The minimum Gasteiger partial charge on any atom is -0.377 e. The molecule has 1 amide bonds. The number of amides is 1. The zero-order chi connectivity index (χ0) is 19.7. The molecule has 1 aliphatic heterocycles. The Hall–Kier alpha value is -2.08. The van der Waals surface area contributed by atoms with Crippen LogP contribution in [0, 0.1) is 11.3 Å². The summed E-state index contributed by atoms with van der Waals surface area (Å²) in [4.78, 5) is 16.3. The van der Waals surface area contributed by atoms with E-state index < -0.39 is 0 Å². The summed E-state index contributed by atoms with van der Waals surface area (Å²) in [7, 11) is 1.76. The molecule has 0 saturated carbocycles.